The van der Waals surface area contributed by atoms with Crippen LogP contribution in [0.1, 0.15) is 41.7 Å². The Labute approximate surface area is 129 Å². The maximum Gasteiger partial charge on any atom is 0.354 e. The molecule has 2 heterocycles. The van der Waals surface area contributed by atoms with Gasteiger partial charge in [-0.3, -0.25) is 10.00 Å². The number of H-pyrrole nitrogens is 1. The lowest BCUT2D eigenvalue weighted by atomic mass is 9.79. The third kappa shape index (κ3) is 2.53. The smallest absolute Gasteiger partial charge is 0.354 e. The Balaban J connectivity index is 1.79. The number of aromatic amines is 1. The Hall–Kier alpha value is -1.44. The number of likely N-dealkylation sites (tertiary alicyclic amines) is 1. The van der Waals surface area contributed by atoms with Gasteiger partial charge in [0.15, 0.2) is 0 Å². The van der Waals surface area contributed by atoms with Crippen molar-refractivity contribution in [2.75, 3.05) is 20.8 Å². The van der Waals surface area contributed by atoms with E-state index in [0.717, 1.165) is 37.8 Å². The van der Waals surface area contributed by atoms with E-state index in [1.807, 2.05) is 0 Å². The van der Waals surface area contributed by atoms with E-state index in [2.05, 4.69) is 15.1 Å². The van der Waals surface area contributed by atoms with Gasteiger partial charge in [-0.25, -0.2) is 4.79 Å². The molecule has 2 fully saturated rings. The maximum atomic E-state index is 11.2. The highest BCUT2D eigenvalue weighted by atomic mass is 16.5. The van der Waals surface area contributed by atoms with Crippen molar-refractivity contribution in [3.63, 3.8) is 0 Å². The number of carbonyl (C=O) groups is 1. The molecule has 2 aliphatic rings. The molecule has 0 unspecified atom stereocenters. The van der Waals surface area contributed by atoms with E-state index < -0.39 is 5.97 Å². The van der Waals surface area contributed by atoms with Crippen molar-refractivity contribution >= 4 is 5.97 Å². The summed E-state index contributed by atoms with van der Waals surface area (Å²) in [4.78, 5) is 13.5. The molecule has 122 valence electrons. The molecule has 0 radical (unpaired) electrons. The highest BCUT2D eigenvalue weighted by Gasteiger charge is 2.51. The van der Waals surface area contributed by atoms with E-state index in [1.54, 1.807) is 20.4 Å². The molecule has 1 saturated heterocycles. The van der Waals surface area contributed by atoms with Crippen molar-refractivity contribution in [2.24, 2.45) is 0 Å². The molecule has 3 rings (SSSR count). The lowest BCUT2D eigenvalue weighted by Gasteiger charge is -2.43. The van der Waals surface area contributed by atoms with Gasteiger partial charge in [0.1, 0.15) is 5.69 Å². The molecular formula is C15H23N3O4. The van der Waals surface area contributed by atoms with Crippen LogP contribution in [-0.2, 0) is 16.0 Å². The molecule has 7 heteroatoms. The van der Waals surface area contributed by atoms with Crippen molar-refractivity contribution in [1.29, 1.82) is 0 Å². The number of nitrogens with one attached hydrogen (secondary N) is 1. The SMILES string of the molecule is CO[C@@H]1CC[C@@]2(OC)CCN(Cc3cn[nH]c3C(=O)O)[C@H]2C1. The minimum atomic E-state index is -0.969. The molecule has 0 spiro atoms. The molecule has 1 aromatic heterocycles. The molecule has 0 aromatic carbocycles. The highest BCUT2D eigenvalue weighted by molar-refractivity contribution is 5.86. The fourth-order valence-electron chi connectivity index (χ4n) is 3.99. The third-order valence-electron chi connectivity index (χ3n) is 5.29. The van der Waals surface area contributed by atoms with Crippen LogP contribution >= 0.6 is 0 Å². The summed E-state index contributed by atoms with van der Waals surface area (Å²) in [6.45, 7) is 1.48. The van der Waals surface area contributed by atoms with Crippen LogP contribution in [0.2, 0.25) is 0 Å². The summed E-state index contributed by atoms with van der Waals surface area (Å²) in [6.07, 6.45) is 5.75. The van der Waals surface area contributed by atoms with Crippen molar-refractivity contribution in [2.45, 2.75) is 50.0 Å². The first kappa shape index (κ1) is 15.5. The summed E-state index contributed by atoms with van der Waals surface area (Å²) in [5.41, 5.74) is 0.773. The van der Waals surface area contributed by atoms with Crippen LogP contribution in [0.25, 0.3) is 0 Å². The van der Waals surface area contributed by atoms with Crippen molar-refractivity contribution < 1.29 is 19.4 Å². The largest absolute Gasteiger partial charge is 0.477 e. The minimum absolute atomic E-state index is 0.123. The highest BCUT2D eigenvalue weighted by Crippen LogP contribution is 2.43. The number of carboxylic acid groups (broad SMARTS) is 1. The van der Waals surface area contributed by atoms with Crippen LogP contribution < -0.4 is 0 Å². The van der Waals surface area contributed by atoms with E-state index >= 15 is 0 Å². The van der Waals surface area contributed by atoms with Crippen molar-refractivity contribution in [1.82, 2.24) is 15.1 Å². The van der Waals surface area contributed by atoms with Crippen LogP contribution in [-0.4, -0.2) is 64.7 Å². The van der Waals surface area contributed by atoms with E-state index in [0.29, 0.717) is 6.54 Å². The minimum Gasteiger partial charge on any atom is -0.477 e. The number of aromatic carboxylic acids is 1. The molecule has 2 N–H and O–H groups in total. The lowest BCUT2D eigenvalue weighted by Crippen LogP contribution is -2.51. The molecule has 1 aliphatic heterocycles. The molecule has 1 aliphatic carbocycles. The Morgan fingerprint density at radius 1 is 1.55 bits per heavy atom. The zero-order valence-electron chi connectivity index (χ0n) is 13.0. The van der Waals surface area contributed by atoms with Gasteiger partial charge in [-0.05, 0) is 25.7 Å². The number of hydrogen-bond acceptors (Lipinski definition) is 5. The Morgan fingerprint density at radius 3 is 3.05 bits per heavy atom. The molecule has 22 heavy (non-hydrogen) atoms. The Kier molecular flexibility index (Phi) is 4.20. The van der Waals surface area contributed by atoms with Gasteiger partial charge in [-0.1, -0.05) is 0 Å². The number of aromatic nitrogens is 2. The fraction of sp³-hybridized carbons (Fsp3) is 0.733. The number of methoxy groups -OCH3 is 2. The van der Waals surface area contributed by atoms with Gasteiger partial charge in [0, 0.05) is 38.9 Å². The summed E-state index contributed by atoms with van der Waals surface area (Å²) in [6, 6.07) is 0.257. The van der Waals surface area contributed by atoms with Gasteiger partial charge in [0.2, 0.25) is 0 Å². The van der Waals surface area contributed by atoms with Gasteiger partial charge in [0.05, 0.1) is 17.9 Å². The summed E-state index contributed by atoms with van der Waals surface area (Å²) < 4.78 is 11.4. The van der Waals surface area contributed by atoms with E-state index in [-0.39, 0.29) is 23.4 Å². The fourth-order valence-corrected chi connectivity index (χ4v) is 3.99. The predicted molar refractivity (Wildman–Crippen MR) is 78.8 cm³/mol. The van der Waals surface area contributed by atoms with Crippen LogP contribution in [0.15, 0.2) is 6.20 Å². The normalized spacial score (nSPS) is 32.1. The standard InChI is InChI=1S/C15H23N3O4/c1-21-11-3-4-15(22-2)5-6-18(12(15)7-11)9-10-8-16-17-13(10)14(19)20/h8,11-12H,3-7,9H2,1-2H3,(H,16,17)(H,19,20)/t11-,12+,15-/m1/s1. The first-order valence-corrected chi connectivity index (χ1v) is 7.67. The average molecular weight is 309 g/mol. The van der Waals surface area contributed by atoms with Crippen molar-refractivity contribution in [3.8, 4) is 0 Å². The molecular weight excluding hydrogens is 286 g/mol. The van der Waals surface area contributed by atoms with E-state index in [9.17, 15) is 9.90 Å². The van der Waals surface area contributed by atoms with Crippen LogP contribution in [0.5, 0.6) is 0 Å². The Morgan fingerprint density at radius 2 is 2.36 bits per heavy atom. The van der Waals surface area contributed by atoms with Gasteiger partial charge >= 0.3 is 5.97 Å². The first-order chi connectivity index (χ1) is 10.6. The monoisotopic (exact) mass is 309 g/mol. The third-order valence-corrected chi connectivity index (χ3v) is 5.29. The maximum absolute atomic E-state index is 11.2. The summed E-state index contributed by atoms with van der Waals surface area (Å²) in [5.74, 6) is -0.969. The zero-order chi connectivity index (χ0) is 15.7. The second-order valence-corrected chi connectivity index (χ2v) is 6.21. The number of carboxylic acids is 1. The van der Waals surface area contributed by atoms with Gasteiger partial charge < -0.3 is 14.6 Å². The molecule has 0 amide bonds. The van der Waals surface area contributed by atoms with Gasteiger partial charge in [-0.2, -0.15) is 5.10 Å². The number of ether oxygens (including phenoxy) is 2. The van der Waals surface area contributed by atoms with Crippen LogP contribution in [0, 0.1) is 0 Å². The summed E-state index contributed by atoms with van der Waals surface area (Å²) in [7, 11) is 3.53. The second kappa shape index (κ2) is 5.98. The molecule has 0 bridgehead atoms. The molecule has 3 atom stereocenters. The molecule has 1 aromatic rings. The molecule has 7 nitrogen and oxygen atoms in total. The summed E-state index contributed by atoms with van der Waals surface area (Å²) in [5, 5.41) is 15.6. The van der Waals surface area contributed by atoms with Crippen LogP contribution in [0.3, 0.4) is 0 Å². The lowest BCUT2D eigenvalue weighted by molar-refractivity contribution is -0.0947. The van der Waals surface area contributed by atoms with E-state index in [1.165, 1.54) is 0 Å². The summed E-state index contributed by atoms with van der Waals surface area (Å²) >= 11 is 0. The topological polar surface area (TPSA) is 87.7 Å². The van der Waals surface area contributed by atoms with Crippen molar-refractivity contribution in [3.05, 3.63) is 17.5 Å². The number of nitrogens with zero attached hydrogens (tertiary/aromatic N) is 2. The number of rotatable bonds is 5. The quantitative estimate of drug-likeness (QED) is 0.851. The second-order valence-electron chi connectivity index (χ2n) is 6.21. The molecule has 1 saturated carbocycles. The Bertz CT molecular complexity index is 547. The number of fused-ring (bicyclic) bond motifs is 1. The van der Waals surface area contributed by atoms with Gasteiger partial charge in [0.25, 0.3) is 0 Å². The first-order valence-electron chi connectivity index (χ1n) is 7.67. The average Bonchev–Trinajstić information content (AvgIpc) is 3.13. The van der Waals surface area contributed by atoms with Gasteiger partial charge in [-0.15, -0.1) is 0 Å². The predicted octanol–water partition coefficient (Wildman–Crippen LogP) is 1.27. The zero-order valence-corrected chi connectivity index (χ0v) is 13.0. The van der Waals surface area contributed by atoms with E-state index in [4.69, 9.17) is 9.47 Å². The number of hydrogen-bond donors (Lipinski definition) is 2. The van der Waals surface area contributed by atoms with Crippen LogP contribution in [0.4, 0.5) is 0 Å².